The molecule has 4 heteroatoms. The molecule has 2 aliphatic rings. The Balaban J connectivity index is 2.04. The summed E-state index contributed by atoms with van der Waals surface area (Å²) in [7, 11) is 0. The number of fused-ring (bicyclic) bond motifs is 1. The van der Waals surface area contributed by atoms with Crippen molar-refractivity contribution in [2.75, 3.05) is 13.2 Å². The van der Waals surface area contributed by atoms with Crippen LogP contribution in [0.1, 0.15) is 43.2 Å². The number of nitro groups is 1. The Bertz CT molecular complexity index is 496. The Morgan fingerprint density at radius 1 is 1.25 bits per heavy atom. The van der Waals surface area contributed by atoms with Gasteiger partial charge in [0.25, 0.3) is 0 Å². The minimum absolute atomic E-state index is 0.103. The summed E-state index contributed by atoms with van der Waals surface area (Å²) in [6, 6.07) is 8.12. The van der Waals surface area contributed by atoms with E-state index >= 15 is 0 Å². The van der Waals surface area contributed by atoms with Crippen LogP contribution in [0.2, 0.25) is 0 Å². The van der Waals surface area contributed by atoms with Crippen LogP contribution in [0.15, 0.2) is 24.3 Å². The first-order chi connectivity index (χ1) is 9.72. The number of nitrogens with zero attached hydrogens (tertiary/aromatic N) is 1. The van der Waals surface area contributed by atoms with Crippen molar-refractivity contribution < 1.29 is 9.66 Å². The molecule has 0 saturated heterocycles. The Morgan fingerprint density at radius 2 is 2.00 bits per heavy atom. The molecular formula is C16H21NO3. The van der Waals surface area contributed by atoms with Crippen molar-refractivity contribution in [1.29, 1.82) is 0 Å². The van der Waals surface area contributed by atoms with E-state index in [1.807, 2.05) is 18.2 Å². The molecule has 1 aliphatic heterocycles. The van der Waals surface area contributed by atoms with E-state index < -0.39 is 5.60 Å². The summed E-state index contributed by atoms with van der Waals surface area (Å²) >= 11 is 0. The summed E-state index contributed by atoms with van der Waals surface area (Å²) in [6.45, 7) is 0.496. The second-order valence-corrected chi connectivity index (χ2v) is 5.97. The largest absolute Gasteiger partial charge is 0.363 e. The summed E-state index contributed by atoms with van der Waals surface area (Å²) < 4.78 is 6.10. The molecular weight excluding hydrogens is 254 g/mol. The van der Waals surface area contributed by atoms with Gasteiger partial charge >= 0.3 is 0 Å². The lowest BCUT2D eigenvalue weighted by atomic mass is 9.71. The summed E-state index contributed by atoms with van der Waals surface area (Å²) in [5.41, 5.74) is 1.60. The SMILES string of the molecule is O=[N+]([O-])CC1(C2CCCCC2)OCCc2ccccc21. The van der Waals surface area contributed by atoms with Gasteiger partial charge in [-0.25, -0.2) is 0 Å². The molecule has 20 heavy (non-hydrogen) atoms. The van der Waals surface area contributed by atoms with E-state index in [-0.39, 0.29) is 17.4 Å². The van der Waals surface area contributed by atoms with Crippen molar-refractivity contribution in [2.45, 2.75) is 44.1 Å². The van der Waals surface area contributed by atoms with Crippen LogP contribution < -0.4 is 0 Å². The standard InChI is InChI=1S/C16H21NO3/c18-17(19)12-16(14-7-2-1-3-8-14)15-9-5-4-6-13(15)10-11-20-16/h4-6,9,14H,1-3,7-8,10-12H2. The first kappa shape index (κ1) is 13.6. The number of benzene rings is 1. The van der Waals surface area contributed by atoms with E-state index in [2.05, 4.69) is 6.07 Å². The molecule has 0 spiro atoms. The summed E-state index contributed by atoms with van der Waals surface area (Å²) in [5.74, 6) is 0.281. The fraction of sp³-hybridized carbons (Fsp3) is 0.625. The maximum Gasteiger partial charge on any atom is 0.236 e. The Kier molecular flexibility index (Phi) is 3.74. The Morgan fingerprint density at radius 3 is 2.75 bits per heavy atom. The summed E-state index contributed by atoms with van der Waals surface area (Å²) in [4.78, 5) is 11.1. The lowest BCUT2D eigenvalue weighted by molar-refractivity contribution is -0.509. The van der Waals surface area contributed by atoms with Crippen molar-refractivity contribution in [3.05, 3.63) is 45.5 Å². The van der Waals surface area contributed by atoms with Crippen LogP contribution in [0.3, 0.4) is 0 Å². The van der Waals surface area contributed by atoms with Crippen LogP contribution in [0.5, 0.6) is 0 Å². The lowest BCUT2D eigenvalue weighted by Crippen LogP contribution is -2.48. The molecule has 1 heterocycles. The van der Waals surface area contributed by atoms with Gasteiger partial charge in [-0.1, -0.05) is 43.5 Å². The van der Waals surface area contributed by atoms with Gasteiger partial charge in [-0.05, 0) is 36.3 Å². The minimum Gasteiger partial charge on any atom is -0.363 e. The fourth-order valence-corrected chi connectivity index (χ4v) is 3.93. The van der Waals surface area contributed by atoms with Crippen LogP contribution in [0, 0.1) is 16.0 Å². The quantitative estimate of drug-likeness (QED) is 0.628. The first-order valence-electron chi connectivity index (χ1n) is 7.56. The highest BCUT2D eigenvalue weighted by atomic mass is 16.6. The number of hydrogen-bond donors (Lipinski definition) is 0. The first-order valence-corrected chi connectivity index (χ1v) is 7.56. The molecule has 1 unspecified atom stereocenters. The van der Waals surface area contributed by atoms with Gasteiger partial charge in [0.15, 0.2) is 5.60 Å². The molecule has 1 aromatic carbocycles. The monoisotopic (exact) mass is 275 g/mol. The second-order valence-electron chi connectivity index (χ2n) is 5.97. The van der Waals surface area contributed by atoms with Gasteiger partial charge in [-0.3, -0.25) is 10.1 Å². The van der Waals surface area contributed by atoms with Crippen molar-refractivity contribution >= 4 is 0 Å². The zero-order chi connectivity index (χ0) is 14.0. The van der Waals surface area contributed by atoms with Gasteiger partial charge in [0.1, 0.15) is 0 Å². The minimum atomic E-state index is -0.696. The molecule has 1 fully saturated rings. The van der Waals surface area contributed by atoms with Crippen molar-refractivity contribution in [3.63, 3.8) is 0 Å². The number of ether oxygens (including phenoxy) is 1. The summed E-state index contributed by atoms with van der Waals surface area (Å²) in [5, 5.41) is 11.3. The third-order valence-corrected chi connectivity index (χ3v) is 4.83. The topological polar surface area (TPSA) is 52.4 Å². The van der Waals surface area contributed by atoms with E-state index in [1.54, 1.807) is 0 Å². The van der Waals surface area contributed by atoms with E-state index in [4.69, 9.17) is 4.74 Å². The predicted molar refractivity (Wildman–Crippen MR) is 76.2 cm³/mol. The molecule has 1 atom stereocenters. The van der Waals surface area contributed by atoms with Gasteiger partial charge in [0.05, 0.1) is 6.61 Å². The average molecular weight is 275 g/mol. The van der Waals surface area contributed by atoms with E-state index in [1.165, 1.54) is 12.0 Å². The van der Waals surface area contributed by atoms with Crippen LogP contribution in [0.25, 0.3) is 0 Å². The highest BCUT2D eigenvalue weighted by molar-refractivity contribution is 5.35. The van der Waals surface area contributed by atoms with E-state index in [9.17, 15) is 10.1 Å². The number of rotatable bonds is 3. The molecule has 0 amide bonds. The van der Waals surface area contributed by atoms with Crippen molar-refractivity contribution in [1.82, 2.24) is 0 Å². The third-order valence-electron chi connectivity index (χ3n) is 4.83. The lowest BCUT2D eigenvalue weighted by Gasteiger charge is -2.43. The molecule has 3 rings (SSSR count). The highest BCUT2D eigenvalue weighted by Gasteiger charge is 2.48. The van der Waals surface area contributed by atoms with Crippen LogP contribution in [-0.4, -0.2) is 18.1 Å². The number of hydrogen-bond acceptors (Lipinski definition) is 3. The highest BCUT2D eigenvalue weighted by Crippen LogP contribution is 2.45. The van der Waals surface area contributed by atoms with Gasteiger partial charge < -0.3 is 4.74 Å². The third kappa shape index (κ3) is 2.33. The van der Waals surface area contributed by atoms with Crippen LogP contribution in [-0.2, 0) is 16.8 Å². The molecule has 1 aliphatic carbocycles. The normalized spacial score (nSPS) is 27.0. The summed E-state index contributed by atoms with van der Waals surface area (Å²) in [6.07, 6.45) is 6.52. The van der Waals surface area contributed by atoms with Gasteiger partial charge in [0.2, 0.25) is 6.54 Å². The molecule has 1 aromatic rings. The predicted octanol–water partition coefficient (Wildman–Crippen LogP) is 3.31. The van der Waals surface area contributed by atoms with Gasteiger partial charge in [0, 0.05) is 4.92 Å². The second kappa shape index (κ2) is 5.52. The van der Waals surface area contributed by atoms with E-state index in [0.29, 0.717) is 6.61 Å². The molecule has 0 radical (unpaired) electrons. The van der Waals surface area contributed by atoms with Crippen molar-refractivity contribution in [2.24, 2.45) is 5.92 Å². The van der Waals surface area contributed by atoms with Gasteiger partial charge in [-0.2, -0.15) is 0 Å². The molecule has 0 N–H and O–H groups in total. The maximum atomic E-state index is 11.3. The zero-order valence-corrected chi connectivity index (χ0v) is 11.7. The fourth-order valence-electron chi connectivity index (χ4n) is 3.93. The molecule has 108 valence electrons. The average Bonchev–Trinajstić information content (AvgIpc) is 2.48. The van der Waals surface area contributed by atoms with Crippen molar-refractivity contribution in [3.8, 4) is 0 Å². The molecule has 4 nitrogen and oxygen atoms in total. The molecule has 0 aromatic heterocycles. The Labute approximate surface area is 119 Å². The molecule has 0 bridgehead atoms. The smallest absolute Gasteiger partial charge is 0.236 e. The zero-order valence-electron chi connectivity index (χ0n) is 11.7. The van der Waals surface area contributed by atoms with Gasteiger partial charge in [-0.15, -0.1) is 0 Å². The van der Waals surface area contributed by atoms with Crippen LogP contribution >= 0.6 is 0 Å². The van der Waals surface area contributed by atoms with Crippen LogP contribution in [0.4, 0.5) is 0 Å². The Hall–Kier alpha value is -1.42. The maximum absolute atomic E-state index is 11.3. The molecule has 1 saturated carbocycles. The van der Waals surface area contributed by atoms with E-state index in [0.717, 1.165) is 37.7 Å².